The molecule has 2 aromatic rings. The fourth-order valence-electron chi connectivity index (χ4n) is 1.44. The van der Waals surface area contributed by atoms with Crippen LogP contribution in [0, 0.1) is 3.57 Å². The Bertz CT molecular complexity index is 546. The van der Waals surface area contributed by atoms with Crippen molar-refractivity contribution in [2.75, 3.05) is 0 Å². The number of imidazole rings is 1. The second kappa shape index (κ2) is 4.77. The third-order valence-corrected chi connectivity index (χ3v) is 3.10. The lowest BCUT2D eigenvalue weighted by Gasteiger charge is -2.05. The number of aryl methyl sites for hydroxylation is 3. The van der Waals surface area contributed by atoms with Gasteiger partial charge in [-0.25, -0.2) is 9.97 Å². The van der Waals surface area contributed by atoms with Crippen LogP contribution in [0.2, 0.25) is 0 Å². The highest BCUT2D eigenvalue weighted by Crippen LogP contribution is 1.98. The second-order valence-electron chi connectivity index (χ2n) is 3.44. The summed E-state index contributed by atoms with van der Waals surface area (Å²) >= 11 is 1.99. The summed E-state index contributed by atoms with van der Waals surface area (Å²) in [5.74, 6) is 0.964. The molecule has 0 saturated carbocycles. The van der Waals surface area contributed by atoms with Crippen LogP contribution in [0.4, 0.5) is 0 Å². The Balaban J connectivity index is 2.14. The summed E-state index contributed by atoms with van der Waals surface area (Å²) in [6.45, 7) is 0.605. The Morgan fingerprint density at radius 2 is 2.31 bits per heavy atom. The van der Waals surface area contributed by atoms with Crippen LogP contribution in [0.3, 0.4) is 0 Å². The topological polar surface area (TPSA) is 52.7 Å². The average molecular weight is 330 g/mol. The molecule has 0 N–H and O–H groups in total. The van der Waals surface area contributed by atoms with Crippen LogP contribution in [0.15, 0.2) is 29.7 Å². The quantitative estimate of drug-likeness (QED) is 0.783. The molecule has 0 aliphatic heterocycles. The monoisotopic (exact) mass is 330 g/mol. The standard InChI is InChI=1S/C10H11IN4O/c1-14-5-3-13-9(14)2-4-15-7-12-6-8(11)10(15)16/h3,5-7H,2,4H2,1H3. The molecular weight excluding hydrogens is 319 g/mol. The summed E-state index contributed by atoms with van der Waals surface area (Å²) in [7, 11) is 1.94. The van der Waals surface area contributed by atoms with Gasteiger partial charge in [0.1, 0.15) is 5.82 Å². The van der Waals surface area contributed by atoms with Gasteiger partial charge in [-0.2, -0.15) is 0 Å². The molecule has 0 aliphatic carbocycles. The lowest BCUT2D eigenvalue weighted by Crippen LogP contribution is -2.23. The summed E-state index contributed by atoms with van der Waals surface area (Å²) in [5, 5.41) is 0. The molecule has 0 unspecified atom stereocenters. The summed E-state index contributed by atoms with van der Waals surface area (Å²) in [5.41, 5.74) is 0.00445. The minimum absolute atomic E-state index is 0.00445. The predicted molar refractivity (Wildman–Crippen MR) is 68.1 cm³/mol. The maximum atomic E-state index is 11.7. The number of hydrogen-bond acceptors (Lipinski definition) is 3. The molecule has 2 heterocycles. The van der Waals surface area contributed by atoms with Crippen LogP contribution < -0.4 is 5.56 Å². The Morgan fingerprint density at radius 1 is 1.50 bits per heavy atom. The zero-order valence-electron chi connectivity index (χ0n) is 8.80. The van der Waals surface area contributed by atoms with Gasteiger partial charge in [0.2, 0.25) is 0 Å². The van der Waals surface area contributed by atoms with Crippen molar-refractivity contribution in [3.05, 3.63) is 44.7 Å². The first-order valence-electron chi connectivity index (χ1n) is 4.84. The molecule has 0 aliphatic rings. The third-order valence-electron chi connectivity index (χ3n) is 2.36. The first-order valence-corrected chi connectivity index (χ1v) is 5.92. The van der Waals surface area contributed by atoms with Crippen molar-refractivity contribution in [2.45, 2.75) is 13.0 Å². The molecule has 0 bridgehead atoms. The first kappa shape index (κ1) is 11.3. The summed E-state index contributed by atoms with van der Waals surface area (Å²) in [6, 6.07) is 0. The Morgan fingerprint density at radius 3 is 3.00 bits per heavy atom. The van der Waals surface area contributed by atoms with Gasteiger partial charge in [0.15, 0.2) is 0 Å². The number of rotatable bonds is 3. The lowest BCUT2D eigenvalue weighted by molar-refractivity contribution is 0.618. The molecule has 16 heavy (non-hydrogen) atoms. The van der Waals surface area contributed by atoms with Crippen LogP contribution in [0.5, 0.6) is 0 Å². The smallest absolute Gasteiger partial charge is 0.266 e. The van der Waals surface area contributed by atoms with E-state index < -0.39 is 0 Å². The molecule has 5 nitrogen and oxygen atoms in total. The maximum Gasteiger partial charge on any atom is 0.266 e. The zero-order chi connectivity index (χ0) is 11.5. The van der Waals surface area contributed by atoms with Crippen molar-refractivity contribution in [2.24, 2.45) is 7.05 Å². The van der Waals surface area contributed by atoms with E-state index in [9.17, 15) is 4.79 Å². The molecule has 6 heteroatoms. The Labute approximate surface area is 106 Å². The number of aromatic nitrogens is 4. The van der Waals surface area contributed by atoms with Gasteiger partial charge < -0.3 is 4.57 Å². The first-order chi connectivity index (χ1) is 7.68. The fourth-order valence-corrected chi connectivity index (χ4v) is 1.91. The minimum atomic E-state index is 0.00445. The molecule has 0 fully saturated rings. The number of halogens is 1. The van der Waals surface area contributed by atoms with E-state index in [1.807, 2.05) is 40.4 Å². The van der Waals surface area contributed by atoms with Gasteiger partial charge in [-0.3, -0.25) is 9.36 Å². The average Bonchev–Trinajstić information content (AvgIpc) is 2.67. The molecule has 0 aromatic carbocycles. The van der Waals surface area contributed by atoms with E-state index in [0.717, 1.165) is 12.2 Å². The van der Waals surface area contributed by atoms with Crippen LogP contribution in [-0.2, 0) is 20.0 Å². The van der Waals surface area contributed by atoms with Crippen LogP contribution in [0.1, 0.15) is 5.82 Å². The van der Waals surface area contributed by atoms with E-state index in [0.29, 0.717) is 10.1 Å². The molecule has 84 valence electrons. The summed E-state index contributed by atoms with van der Waals surface area (Å²) in [4.78, 5) is 19.9. The van der Waals surface area contributed by atoms with Crippen molar-refractivity contribution in [3.63, 3.8) is 0 Å². The van der Waals surface area contributed by atoms with Gasteiger partial charge in [-0.05, 0) is 22.6 Å². The number of nitrogens with zero attached hydrogens (tertiary/aromatic N) is 4. The van der Waals surface area contributed by atoms with Gasteiger partial charge in [-0.15, -0.1) is 0 Å². The van der Waals surface area contributed by atoms with E-state index in [4.69, 9.17) is 0 Å². The normalized spacial score (nSPS) is 10.6. The van der Waals surface area contributed by atoms with Crippen LogP contribution in [0.25, 0.3) is 0 Å². The fraction of sp³-hybridized carbons (Fsp3) is 0.300. The highest BCUT2D eigenvalue weighted by atomic mass is 127. The largest absolute Gasteiger partial charge is 0.338 e. The van der Waals surface area contributed by atoms with E-state index in [1.54, 1.807) is 23.3 Å². The minimum Gasteiger partial charge on any atom is -0.338 e. The summed E-state index contributed by atoms with van der Waals surface area (Å²) in [6.07, 6.45) is 7.51. The third kappa shape index (κ3) is 2.31. The molecule has 0 spiro atoms. The summed E-state index contributed by atoms with van der Waals surface area (Å²) < 4.78 is 4.20. The molecule has 0 saturated heterocycles. The van der Waals surface area contributed by atoms with Crippen molar-refractivity contribution >= 4 is 22.6 Å². The molecule has 2 aromatic heterocycles. The van der Waals surface area contributed by atoms with E-state index >= 15 is 0 Å². The molecular formula is C10H11IN4O. The van der Waals surface area contributed by atoms with Gasteiger partial charge in [0, 0.05) is 38.6 Å². The van der Waals surface area contributed by atoms with Gasteiger partial charge in [0.05, 0.1) is 9.90 Å². The predicted octanol–water partition coefficient (Wildman–Crippen LogP) is 0.824. The van der Waals surface area contributed by atoms with Crippen LogP contribution >= 0.6 is 22.6 Å². The molecule has 2 rings (SSSR count). The van der Waals surface area contributed by atoms with Crippen molar-refractivity contribution < 1.29 is 0 Å². The van der Waals surface area contributed by atoms with Crippen molar-refractivity contribution in [1.29, 1.82) is 0 Å². The Hall–Kier alpha value is -1.18. The molecule has 0 radical (unpaired) electrons. The van der Waals surface area contributed by atoms with Crippen molar-refractivity contribution in [1.82, 2.24) is 19.1 Å². The SMILES string of the molecule is Cn1ccnc1CCn1cncc(I)c1=O. The highest BCUT2D eigenvalue weighted by Gasteiger charge is 2.03. The van der Waals surface area contributed by atoms with Crippen LogP contribution in [-0.4, -0.2) is 19.1 Å². The Kier molecular flexibility index (Phi) is 3.37. The second-order valence-corrected chi connectivity index (χ2v) is 4.61. The van der Waals surface area contributed by atoms with E-state index in [1.165, 1.54) is 0 Å². The van der Waals surface area contributed by atoms with E-state index in [2.05, 4.69) is 9.97 Å². The molecule has 0 amide bonds. The lowest BCUT2D eigenvalue weighted by atomic mass is 10.4. The highest BCUT2D eigenvalue weighted by molar-refractivity contribution is 14.1. The van der Waals surface area contributed by atoms with Crippen molar-refractivity contribution in [3.8, 4) is 0 Å². The van der Waals surface area contributed by atoms with Gasteiger partial charge >= 0.3 is 0 Å². The zero-order valence-corrected chi connectivity index (χ0v) is 11.0. The van der Waals surface area contributed by atoms with Gasteiger partial charge in [0.25, 0.3) is 5.56 Å². The number of hydrogen-bond donors (Lipinski definition) is 0. The van der Waals surface area contributed by atoms with Gasteiger partial charge in [-0.1, -0.05) is 0 Å². The maximum absolute atomic E-state index is 11.7. The molecule has 0 atom stereocenters. The van der Waals surface area contributed by atoms with E-state index in [-0.39, 0.29) is 5.56 Å².